The fourth-order valence-corrected chi connectivity index (χ4v) is 3.36. The summed E-state index contributed by atoms with van der Waals surface area (Å²) in [5, 5.41) is 3.02. The first kappa shape index (κ1) is 20.2. The Kier molecular flexibility index (Phi) is 5.72. The molecule has 0 aliphatic heterocycles. The Balaban J connectivity index is 2.00. The third-order valence-corrected chi connectivity index (χ3v) is 4.87. The van der Waals surface area contributed by atoms with Gasteiger partial charge in [-0.05, 0) is 37.1 Å². The van der Waals surface area contributed by atoms with Crippen molar-refractivity contribution in [2.24, 2.45) is 7.05 Å². The van der Waals surface area contributed by atoms with Crippen LogP contribution >= 0.6 is 0 Å². The molecule has 2 heterocycles. The molecule has 0 fully saturated rings. The number of aromatic amines is 1. The second-order valence-corrected chi connectivity index (χ2v) is 6.70. The minimum atomic E-state index is -0.512. The highest BCUT2D eigenvalue weighted by atomic mass is 16.5. The van der Waals surface area contributed by atoms with Gasteiger partial charge in [-0.1, -0.05) is 12.1 Å². The highest BCUT2D eigenvalue weighted by Gasteiger charge is 2.26. The number of aryl methyl sites for hydroxylation is 2. The third-order valence-electron chi connectivity index (χ3n) is 4.87. The number of carbonyl (C=O) groups is 2. The van der Waals surface area contributed by atoms with Crippen LogP contribution in [0.1, 0.15) is 49.5 Å². The van der Waals surface area contributed by atoms with E-state index < -0.39 is 12.0 Å². The van der Waals surface area contributed by atoms with Crippen LogP contribution < -0.4 is 10.1 Å². The molecule has 2 aromatic heterocycles. The number of carbonyl (C=O) groups excluding carboxylic acids is 2. The number of amides is 1. The largest absolute Gasteiger partial charge is 0.497 e. The molecule has 3 aromatic rings. The van der Waals surface area contributed by atoms with Gasteiger partial charge in [0, 0.05) is 25.1 Å². The summed E-state index contributed by atoms with van der Waals surface area (Å²) in [5.41, 5.74) is 2.62. The third kappa shape index (κ3) is 3.87. The van der Waals surface area contributed by atoms with Crippen molar-refractivity contribution in [1.82, 2.24) is 19.9 Å². The summed E-state index contributed by atoms with van der Waals surface area (Å²) in [6.45, 7) is 3.44. The van der Waals surface area contributed by atoms with E-state index in [1.54, 1.807) is 27.2 Å². The zero-order valence-electron chi connectivity index (χ0n) is 17.1. The van der Waals surface area contributed by atoms with Crippen LogP contribution in [0.5, 0.6) is 5.75 Å². The Labute approximate surface area is 168 Å². The fourth-order valence-electron chi connectivity index (χ4n) is 3.36. The standard InChI is InChI=1S/C21H24N4O4/c1-12-16(21(27)29-5)13(2)23-17(12)20(26)24-18(19-22-9-10-25(19)3)14-7-6-8-15(11-14)28-4/h6-11,18,23H,1-5H3,(H,24,26). The van der Waals surface area contributed by atoms with Crippen LogP contribution in [0.4, 0.5) is 0 Å². The van der Waals surface area contributed by atoms with Gasteiger partial charge in [-0.2, -0.15) is 0 Å². The summed E-state index contributed by atoms with van der Waals surface area (Å²) in [4.78, 5) is 32.6. The van der Waals surface area contributed by atoms with E-state index >= 15 is 0 Å². The molecule has 0 aliphatic carbocycles. The molecular weight excluding hydrogens is 372 g/mol. The number of hydrogen-bond donors (Lipinski definition) is 2. The van der Waals surface area contributed by atoms with Crippen molar-refractivity contribution in [2.75, 3.05) is 14.2 Å². The predicted octanol–water partition coefficient (Wildman–Crippen LogP) is 2.68. The number of ether oxygens (including phenoxy) is 2. The van der Waals surface area contributed by atoms with Crippen molar-refractivity contribution in [3.63, 3.8) is 0 Å². The van der Waals surface area contributed by atoms with Crippen LogP contribution in [0.25, 0.3) is 0 Å². The van der Waals surface area contributed by atoms with Crippen LogP contribution in [-0.2, 0) is 11.8 Å². The van der Waals surface area contributed by atoms with Crippen LogP contribution in [0, 0.1) is 13.8 Å². The molecule has 1 aromatic carbocycles. The van der Waals surface area contributed by atoms with E-state index in [0.29, 0.717) is 34.1 Å². The number of rotatable bonds is 6. The van der Waals surface area contributed by atoms with Crippen molar-refractivity contribution < 1.29 is 19.1 Å². The van der Waals surface area contributed by atoms with Gasteiger partial charge in [-0.15, -0.1) is 0 Å². The van der Waals surface area contributed by atoms with Gasteiger partial charge in [0.15, 0.2) is 0 Å². The summed E-state index contributed by atoms with van der Waals surface area (Å²) >= 11 is 0. The van der Waals surface area contributed by atoms with Gasteiger partial charge >= 0.3 is 5.97 Å². The highest BCUT2D eigenvalue weighted by molar-refractivity contribution is 6.00. The molecule has 29 heavy (non-hydrogen) atoms. The van der Waals surface area contributed by atoms with Gasteiger partial charge in [-0.3, -0.25) is 4.79 Å². The molecular formula is C21H24N4O4. The molecule has 8 nitrogen and oxygen atoms in total. The molecule has 152 valence electrons. The molecule has 0 bridgehead atoms. The smallest absolute Gasteiger partial charge is 0.339 e. The Morgan fingerprint density at radius 2 is 2.00 bits per heavy atom. The van der Waals surface area contributed by atoms with E-state index in [-0.39, 0.29) is 5.91 Å². The van der Waals surface area contributed by atoms with Crippen molar-refractivity contribution in [3.8, 4) is 5.75 Å². The van der Waals surface area contributed by atoms with E-state index in [0.717, 1.165) is 5.56 Å². The lowest BCUT2D eigenvalue weighted by atomic mass is 10.0. The number of aromatic nitrogens is 3. The molecule has 0 aliphatic rings. The summed E-state index contributed by atoms with van der Waals surface area (Å²) in [6.07, 6.45) is 3.49. The first-order chi connectivity index (χ1) is 13.9. The topological polar surface area (TPSA) is 98.2 Å². The second kappa shape index (κ2) is 8.22. The van der Waals surface area contributed by atoms with Gasteiger partial charge in [0.1, 0.15) is 23.3 Å². The average Bonchev–Trinajstić information content (AvgIpc) is 3.27. The summed E-state index contributed by atoms with van der Waals surface area (Å²) in [6, 6.07) is 6.93. The molecule has 1 atom stereocenters. The number of nitrogens with one attached hydrogen (secondary N) is 2. The Bertz CT molecular complexity index is 1050. The maximum Gasteiger partial charge on any atom is 0.339 e. The van der Waals surface area contributed by atoms with Gasteiger partial charge in [0.25, 0.3) is 5.91 Å². The van der Waals surface area contributed by atoms with Crippen LogP contribution in [0.3, 0.4) is 0 Å². The van der Waals surface area contributed by atoms with Gasteiger partial charge < -0.3 is 24.3 Å². The van der Waals surface area contributed by atoms with E-state index in [1.165, 1.54) is 7.11 Å². The zero-order chi connectivity index (χ0) is 21.1. The number of H-pyrrole nitrogens is 1. The number of esters is 1. The van der Waals surface area contributed by atoms with Gasteiger partial charge in [-0.25, -0.2) is 9.78 Å². The van der Waals surface area contributed by atoms with E-state index in [1.807, 2.05) is 42.1 Å². The average molecular weight is 396 g/mol. The Morgan fingerprint density at radius 1 is 1.24 bits per heavy atom. The number of methoxy groups -OCH3 is 2. The highest BCUT2D eigenvalue weighted by Crippen LogP contribution is 2.26. The summed E-state index contributed by atoms with van der Waals surface area (Å²) in [7, 11) is 4.77. The zero-order valence-corrected chi connectivity index (χ0v) is 17.1. The van der Waals surface area contributed by atoms with Crippen LogP contribution in [0.15, 0.2) is 36.7 Å². The van der Waals surface area contributed by atoms with Crippen LogP contribution in [0.2, 0.25) is 0 Å². The molecule has 1 unspecified atom stereocenters. The summed E-state index contributed by atoms with van der Waals surface area (Å²) in [5.74, 6) is 0.511. The van der Waals surface area contributed by atoms with Gasteiger partial charge in [0.05, 0.1) is 19.8 Å². The molecule has 0 radical (unpaired) electrons. The van der Waals surface area contributed by atoms with Crippen molar-refractivity contribution in [2.45, 2.75) is 19.9 Å². The predicted molar refractivity (Wildman–Crippen MR) is 107 cm³/mol. The van der Waals surface area contributed by atoms with E-state index in [9.17, 15) is 9.59 Å². The normalized spacial score (nSPS) is 11.8. The molecule has 3 rings (SSSR count). The first-order valence-corrected chi connectivity index (χ1v) is 9.06. The minimum absolute atomic E-state index is 0.310. The van der Waals surface area contributed by atoms with Crippen molar-refractivity contribution >= 4 is 11.9 Å². The monoisotopic (exact) mass is 396 g/mol. The molecule has 1 amide bonds. The lowest BCUT2D eigenvalue weighted by molar-refractivity contribution is 0.0599. The van der Waals surface area contributed by atoms with Crippen molar-refractivity contribution in [3.05, 3.63) is 70.6 Å². The number of imidazole rings is 1. The molecule has 0 spiro atoms. The quantitative estimate of drug-likeness (QED) is 0.624. The van der Waals surface area contributed by atoms with Gasteiger partial charge in [0.2, 0.25) is 0 Å². The minimum Gasteiger partial charge on any atom is -0.497 e. The van der Waals surface area contributed by atoms with Crippen molar-refractivity contribution in [1.29, 1.82) is 0 Å². The number of nitrogens with zero attached hydrogens (tertiary/aromatic N) is 2. The Hall–Kier alpha value is -3.55. The maximum absolute atomic E-state index is 13.1. The molecule has 0 saturated carbocycles. The SMILES string of the molecule is COC(=O)c1c(C)[nH]c(C(=O)NC(c2cccc(OC)c2)c2nccn2C)c1C. The Morgan fingerprint density at radius 3 is 2.62 bits per heavy atom. The van der Waals surface area contributed by atoms with E-state index in [4.69, 9.17) is 9.47 Å². The van der Waals surface area contributed by atoms with E-state index in [2.05, 4.69) is 15.3 Å². The lowest BCUT2D eigenvalue weighted by Gasteiger charge is -2.19. The second-order valence-electron chi connectivity index (χ2n) is 6.70. The molecule has 8 heteroatoms. The summed E-state index contributed by atoms with van der Waals surface area (Å²) < 4.78 is 12.0. The number of hydrogen-bond acceptors (Lipinski definition) is 5. The lowest BCUT2D eigenvalue weighted by Crippen LogP contribution is -2.31. The first-order valence-electron chi connectivity index (χ1n) is 9.06. The molecule has 2 N–H and O–H groups in total. The van der Waals surface area contributed by atoms with Crippen LogP contribution in [-0.4, -0.2) is 40.6 Å². The fraction of sp³-hybridized carbons (Fsp3) is 0.286. The molecule has 0 saturated heterocycles. The number of benzene rings is 1. The maximum atomic E-state index is 13.1.